The Morgan fingerprint density at radius 1 is 1.38 bits per heavy atom. The standard InChI is InChI=1S/C11H21NS/c1-4-9-5-6-11-10(7-9)8(2)12(3)13-11/h8-11H,4-7H2,1-3H3. The fourth-order valence-corrected chi connectivity index (χ4v) is 4.37. The molecule has 0 amide bonds. The maximum atomic E-state index is 2.48. The van der Waals surface area contributed by atoms with Crippen LogP contribution in [0.4, 0.5) is 0 Å². The molecule has 1 aliphatic heterocycles. The van der Waals surface area contributed by atoms with Crippen LogP contribution in [-0.4, -0.2) is 22.6 Å². The van der Waals surface area contributed by atoms with Gasteiger partial charge < -0.3 is 0 Å². The van der Waals surface area contributed by atoms with Gasteiger partial charge in [0.2, 0.25) is 0 Å². The van der Waals surface area contributed by atoms with Gasteiger partial charge in [-0.15, -0.1) is 0 Å². The molecule has 1 saturated carbocycles. The zero-order valence-electron chi connectivity index (χ0n) is 8.99. The molecule has 0 spiro atoms. The molecule has 4 unspecified atom stereocenters. The summed E-state index contributed by atoms with van der Waals surface area (Å²) in [4.78, 5) is 0. The number of fused-ring (bicyclic) bond motifs is 1. The van der Waals surface area contributed by atoms with Crippen molar-refractivity contribution in [1.82, 2.24) is 4.31 Å². The average Bonchev–Trinajstić information content (AvgIpc) is 2.43. The van der Waals surface area contributed by atoms with Gasteiger partial charge in [-0.05, 0) is 45.1 Å². The molecular formula is C11H21NS. The Bertz CT molecular complexity index is 183. The summed E-state index contributed by atoms with van der Waals surface area (Å²) in [5, 5.41) is 0.947. The Morgan fingerprint density at radius 3 is 2.85 bits per heavy atom. The predicted molar refractivity (Wildman–Crippen MR) is 59.7 cm³/mol. The van der Waals surface area contributed by atoms with Crippen LogP contribution in [0.5, 0.6) is 0 Å². The molecule has 76 valence electrons. The number of hydrogen-bond donors (Lipinski definition) is 0. The Kier molecular flexibility index (Phi) is 2.89. The van der Waals surface area contributed by atoms with Crippen LogP contribution in [0.1, 0.15) is 39.5 Å². The Morgan fingerprint density at radius 2 is 2.15 bits per heavy atom. The molecule has 2 aliphatic rings. The Labute approximate surface area is 86.4 Å². The van der Waals surface area contributed by atoms with E-state index in [-0.39, 0.29) is 0 Å². The molecule has 2 fully saturated rings. The van der Waals surface area contributed by atoms with E-state index in [9.17, 15) is 0 Å². The lowest BCUT2D eigenvalue weighted by Gasteiger charge is -2.31. The van der Waals surface area contributed by atoms with E-state index in [0.717, 1.165) is 23.1 Å². The molecule has 0 aromatic heterocycles. The summed E-state index contributed by atoms with van der Waals surface area (Å²) in [6, 6.07) is 0.810. The maximum absolute atomic E-state index is 2.48. The van der Waals surface area contributed by atoms with Crippen molar-refractivity contribution in [3.8, 4) is 0 Å². The Balaban J connectivity index is 2.01. The molecule has 4 atom stereocenters. The molecule has 1 heterocycles. The zero-order valence-corrected chi connectivity index (χ0v) is 9.81. The first-order valence-corrected chi connectivity index (χ1v) is 6.45. The van der Waals surface area contributed by atoms with Crippen LogP contribution in [0.3, 0.4) is 0 Å². The van der Waals surface area contributed by atoms with Crippen LogP contribution in [-0.2, 0) is 0 Å². The highest BCUT2D eigenvalue weighted by molar-refractivity contribution is 7.97. The van der Waals surface area contributed by atoms with E-state index in [4.69, 9.17) is 0 Å². The molecule has 1 nitrogen and oxygen atoms in total. The van der Waals surface area contributed by atoms with Crippen molar-refractivity contribution >= 4 is 11.9 Å². The van der Waals surface area contributed by atoms with Crippen LogP contribution < -0.4 is 0 Å². The molecule has 0 bridgehead atoms. The minimum atomic E-state index is 0.810. The predicted octanol–water partition coefficient (Wildman–Crippen LogP) is 3.16. The molecule has 13 heavy (non-hydrogen) atoms. The van der Waals surface area contributed by atoms with Gasteiger partial charge in [-0.3, -0.25) is 4.31 Å². The molecule has 0 N–H and O–H groups in total. The fraction of sp³-hybridized carbons (Fsp3) is 1.00. The number of nitrogens with zero attached hydrogens (tertiary/aromatic N) is 1. The number of rotatable bonds is 1. The minimum Gasteiger partial charge on any atom is -0.250 e. The summed E-state index contributed by atoms with van der Waals surface area (Å²) in [6.45, 7) is 4.75. The third-order valence-corrected chi connectivity index (χ3v) is 5.54. The van der Waals surface area contributed by atoms with Crippen LogP contribution in [0.2, 0.25) is 0 Å². The SMILES string of the molecule is CCC1CCC2SN(C)C(C)C2C1. The second kappa shape index (κ2) is 3.82. The van der Waals surface area contributed by atoms with Gasteiger partial charge in [0, 0.05) is 11.3 Å². The zero-order chi connectivity index (χ0) is 9.42. The topological polar surface area (TPSA) is 3.24 Å². The normalized spacial score (nSPS) is 46.4. The van der Waals surface area contributed by atoms with E-state index in [1.807, 2.05) is 0 Å². The molecule has 2 heteroatoms. The van der Waals surface area contributed by atoms with Crippen LogP contribution in [0.15, 0.2) is 0 Å². The van der Waals surface area contributed by atoms with E-state index in [1.54, 1.807) is 0 Å². The molecule has 1 saturated heterocycles. The average molecular weight is 199 g/mol. The lowest BCUT2D eigenvalue weighted by molar-refractivity contribution is 0.221. The van der Waals surface area contributed by atoms with Gasteiger partial charge in [0.1, 0.15) is 0 Å². The highest BCUT2D eigenvalue weighted by Crippen LogP contribution is 2.47. The van der Waals surface area contributed by atoms with Crippen molar-refractivity contribution in [2.45, 2.75) is 50.8 Å². The summed E-state index contributed by atoms with van der Waals surface area (Å²) < 4.78 is 2.48. The van der Waals surface area contributed by atoms with Crippen LogP contribution >= 0.6 is 11.9 Å². The second-order valence-electron chi connectivity index (χ2n) is 4.68. The second-order valence-corrected chi connectivity index (χ2v) is 6.07. The van der Waals surface area contributed by atoms with Crippen molar-refractivity contribution in [2.75, 3.05) is 7.05 Å². The molecule has 2 rings (SSSR count). The van der Waals surface area contributed by atoms with E-state index >= 15 is 0 Å². The smallest absolute Gasteiger partial charge is 0.0238 e. The minimum absolute atomic E-state index is 0.810. The maximum Gasteiger partial charge on any atom is 0.0238 e. The van der Waals surface area contributed by atoms with Crippen molar-refractivity contribution in [2.24, 2.45) is 11.8 Å². The lowest BCUT2D eigenvalue weighted by atomic mass is 9.77. The first-order chi connectivity index (χ1) is 6.22. The van der Waals surface area contributed by atoms with Gasteiger partial charge in [-0.2, -0.15) is 0 Å². The molecule has 0 aromatic rings. The van der Waals surface area contributed by atoms with E-state index < -0.39 is 0 Å². The van der Waals surface area contributed by atoms with Gasteiger partial charge in [-0.25, -0.2) is 0 Å². The van der Waals surface area contributed by atoms with Crippen molar-refractivity contribution in [3.63, 3.8) is 0 Å². The summed E-state index contributed by atoms with van der Waals surface area (Å²) in [5.41, 5.74) is 0. The fourth-order valence-electron chi connectivity index (χ4n) is 2.86. The van der Waals surface area contributed by atoms with Crippen molar-refractivity contribution < 1.29 is 0 Å². The van der Waals surface area contributed by atoms with E-state index in [0.29, 0.717) is 0 Å². The Hall–Kier alpha value is 0.310. The third kappa shape index (κ3) is 1.75. The third-order valence-electron chi connectivity index (χ3n) is 4.01. The first-order valence-electron chi connectivity index (χ1n) is 5.62. The summed E-state index contributed by atoms with van der Waals surface area (Å²) in [6.07, 6.45) is 5.82. The number of hydrogen-bond acceptors (Lipinski definition) is 2. The lowest BCUT2D eigenvalue weighted by Crippen LogP contribution is -2.31. The molecular weight excluding hydrogens is 178 g/mol. The summed E-state index contributed by atoms with van der Waals surface area (Å²) in [7, 11) is 2.26. The molecule has 0 aromatic carbocycles. The van der Waals surface area contributed by atoms with Gasteiger partial charge >= 0.3 is 0 Å². The van der Waals surface area contributed by atoms with Gasteiger partial charge in [0.25, 0.3) is 0 Å². The summed E-state index contributed by atoms with van der Waals surface area (Å²) in [5.74, 6) is 2.00. The molecule has 0 radical (unpaired) electrons. The van der Waals surface area contributed by atoms with E-state index in [2.05, 4.69) is 37.1 Å². The van der Waals surface area contributed by atoms with Crippen LogP contribution in [0.25, 0.3) is 0 Å². The first kappa shape index (κ1) is 9.85. The molecule has 1 aliphatic carbocycles. The van der Waals surface area contributed by atoms with E-state index in [1.165, 1.54) is 25.7 Å². The highest BCUT2D eigenvalue weighted by atomic mass is 32.2. The van der Waals surface area contributed by atoms with Gasteiger partial charge in [0.05, 0.1) is 0 Å². The highest BCUT2D eigenvalue weighted by Gasteiger charge is 2.41. The van der Waals surface area contributed by atoms with Gasteiger partial charge in [0.15, 0.2) is 0 Å². The van der Waals surface area contributed by atoms with Crippen molar-refractivity contribution in [1.29, 1.82) is 0 Å². The van der Waals surface area contributed by atoms with Gasteiger partial charge in [-0.1, -0.05) is 25.3 Å². The van der Waals surface area contributed by atoms with Crippen molar-refractivity contribution in [3.05, 3.63) is 0 Å². The van der Waals surface area contributed by atoms with Crippen LogP contribution in [0, 0.1) is 11.8 Å². The summed E-state index contributed by atoms with van der Waals surface area (Å²) >= 11 is 2.10. The quantitative estimate of drug-likeness (QED) is 0.597. The monoisotopic (exact) mass is 199 g/mol. The largest absolute Gasteiger partial charge is 0.250 e.